The van der Waals surface area contributed by atoms with Gasteiger partial charge in [0.25, 0.3) is 0 Å². The van der Waals surface area contributed by atoms with Gasteiger partial charge in [-0.1, -0.05) is 12.8 Å². The first kappa shape index (κ1) is 15.9. The van der Waals surface area contributed by atoms with Gasteiger partial charge in [-0.15, -0.1) is 6.42 Å². The quantitative estimate of drug-likeness (QED) is 0.485. The molecule has 0 saturated heterocycles. The Balaban J connectivity index is 3.23. The number of nitro benzene ring substituents is 1. The molecule has 0 heterocycles. The first-order valence-corrected chi connectivity index (χ1v) is 7.15. The van der Waals surface area contributed by atoms with E-state index in [4.69, 9.17) is 11.2 Å². The van der Waals surface area contributed by atoms with E-state index in [0.717, 1.165) is 6.07 Å². The predicted molar refractivity (Wildman–Crippen MR) is 72.9 cm³/mol. The van der Waals surface area contributed by atoms with Gasteiger partial charge in [0.2, 0.25) is 10.0 Å². The summed E-state index contributed by atoms with van der Waals surface area (Å²) in [7, 11) is -2.65. The molecule has 0 spiro atoms. The number of nitrogens with one attached hydrogen (secondary N) is 1. The molecule has 0 radical (unpaired) electrons. The van der Waals surface area contributed by atoms with E-state index in [1.807, 2.05) is 0 Å². The molecule has 0 aliphatic heterocycles. The molecule has 0 bridgehead atoms. The van der Waals surface area contributed by atoms with Crippen LogP contribution in [0.3, 0.4) is 0 Å². The van der Waals surface area contributed by atoms with Crippen LogP contribution < -0.4 is 9.46 Å². The van der Waals surface area contributed by atoms with Crippen molar-refractivity contribution in [3.05, 3.63) is 28.3 Å². The van der Waals surface area contributed by atoms with Crippen molar-refractivity contribution in [2.24, 2.45) is 0 Å². The summed E-state index contributed by atoms with van der Waals surface area (Å²) in [6.07, 6.45) is 5.60. The van der Waals surface area contributed by atoms with Crippen molar-refractivity contribution in [3.8, 4) is 18.1 Å². The highest BCUT2D eigenvalue weighted by Gasteiger charge is 2.23. The highest BCUT2D eigenvalue weighted by atomic mass is 32.2. The lowest BCUT2D eigenvalue weighted by atomic mass is 10.3. The van der Waals surface area contributed by atoms with Crippen LogP contribution in [0.4, 0.5) is 5.69 Å². The first-order valence-electron chi connectivity index (χ1n) is 5.66. The molecule has 8 heteroatoms. The monoisotopic (exact) mass is 298 g/mol. The Kier molecular flexibility index (Phi) is 5.07. The lowest BCUT2D eigenvalue weighted by molar-refractivity contribution is -0.386. The van der Waals surface area contributed by atoms with Gasteiger partial charge in [-0.2, -0.15) is 4.72 Å². The van der Waals surface area contributed by atoms with Gasteiger partial charge in [0.1, 0.15) is 0 Å². The zero-order valence-corrected chi connectivity index (χ0v) is 11.8. The molecule has 0 fully saturated rings. The number of nitrogens with zero attached hydrogens (tertiary/aromatic N) is 1. The molecule has 1 aromatic carbocycles. The Labute approximate surface area is 117 Å². The van der Waals surface area contributed by atoms with Crippen LogP contribution in [0.2, 0.25) is 0 Å². The molecule has 0 amide bonds. The van der Waals surface area contributed by atoms with E-state index in [2.05, 4.69) is 10.6 Å². The minimum atomic E-state index is -3.92. The van der Waals surface area contributed by atoms with Gasteiger partial charge in [0.05, 0.1) is 23.0 Å². The zero-order valence-electron chi connectivity index (χ0n) is 11.0. The summed E-state index contributed by atoms with van der Waals surface area (Å²) in [5, 5.41) is 10.9. The molecule has 1 N–H and O–H groups in total. The van der Waals surface area contributed by atoms with Crippen LogP contribution in [0.25, 0.3) is 0 Å². The number of terminal acetylenes is 1. The van der Waals surface area contributed by atoms with E-state index in [1.165, 1.54) is 19.2 Å². The second kappa shape index (κ2) is 6.36. The highest BCUT2D eigenvalue weighted by Crippen LogP contribution is 2.29. The normalized spacial score (nSPS) is 12.4. The Morgan fingerprint density at radius 1 is 1.55 bits per heavy atom. The number of hydrogen-bond acceptors (Lipinski definition) is 5. The fourth-order valence-electron chi connectivity index (χ4n) is 1.47. The Morgan fingerprint density at radius 3 is 2.65 bits per heavy atom. The molecule has 1 aromatic rings. The maximum atomic E-state index is 12.1. The molecule has 108 valence electrons. The molecular formula is C12H14N2O5S. The molecule has 1 rings (SSSR count). The molecule has 1 atom stereocenters. The Morgan fingerprint density at radius 2 is 2.20 bits per heavy atom. The maximum Gasteiger partial charge on any atom is 0.312 e. The fraction of sp³-hybridized carbons (Fsp3) is 0.333. The number of nitro groups is 1. The maximum absolute atomic E-state index is 12.1. The summed E-state index contributed by atoms with van der Waals surface area (Å²) in [6, 6.07) is 2.71. The van der Waals surface area contributed by atoms with Crippen LogP contribution in [-0.4, -0.2) is 26.5 Å². The summed E-state index contributed by atoms with van der Waals surface area (Å²) in [6.45, 7) is 1.73. The Bertz CT molecular complexity index is 648. The van der Waals surface area contributed by atoms with E-state index in [-0.39, 0.29) is 10.6 Å². The summed E-state index contributed by atoms with van der Waals surface area (Å²) < 4.78 is 31.2. The lowest BCUT2D eigenvalue weighted by Crippen LogP contribution is -2.33. The minimum absolute atomic E-state index is 0.0158. The van der Waals surface area contributed by atoms with Crippen molar-refractivity contribution in [2.75, 3.05) is 7.11 Å². The first-order chi connectivity index (χ1) is 9.35. The second-order valence-electron chi connectivity index (χ2n) is 3.84. The molecule has 1 unspecified atom stereocenters. The van der Waals surface area contributed by atoms with Gasteiger partial charge < -0.3 is 4.74 Å². The van der Waals surface area contributed by atoms with Gasteiger partial charge in [0.15, 0.2) is 5.75 Å². The topological polar surface area (TPSA) is 98.5 Å². The van der Waals surface area contributed by atoms with Gasteiger partial charge in [0, 0.05) is 6.07 Å². The fourth-order valence-corrected chi connectivity index (χ4v) is 2.73. The largest absolute Gasteiger partial charge is 0.490 e. The van der Waals surface area contributed by atoms with Gasteiger partial charge in [-0.25, -0.2) is 8.42 Å². The molecular weight excluding hydrogens is 284 g/mol. The smallest absolute Gasteiger partial charge is 0.312 e. The third kappa shape index (κ3) is 3.46. The van der Waals surface area contributed by atoms with E-state index in [1.54, 1.807) is 6.92 Å². The number of rotatable bonds is 6. The standard InChI is InChI=1S/C12H14N2O5S/c1-4-9(5-2)13-20(17,18)10-6-7-12(19-3)11(8-10)14(15)16/h1,6-9,13H,5H2,2-3H3. The summed E-state index contributed by atoms with van der Waals surface area (Å²) in [4.78, 5) is 9.92. The Hall–Kier alpha value is -2.11. The van der Waals surface area contributed by atoms with E-state index in [9.17, 15) is 18.5 Å². The SMILES string of the molecule is C#CC(CC)NS(=O)(=O)c1ccc(OC)c([N+](=O)[O-])c1. The average Bonchev–Trinajstić information content (AvgIpc) is 2.43. The molecule has 0 aromatic heterocycles. The van der Waals surface area contributed by atoms with Crippen molar-refractivity contribution in [3.63, 3.8) is 0 Å². The number of hydrogen-bond donors (Lipinski definition) is 1. The lowest BCUT2D eigenvalue weighted by Gasteiger charge is -2.11. The third-order valence-electron chi connectivity index (χ3n) is 2.56. The number of methoxy groups -OCH3 is 1. The van der Waals surface area contributed by atoms with Crippen LogP contribution in [0.1, 0.15) is 13.3 Å². The average molecular weight is 298 g/mol. The van der Waals surface area contributed by atoms with Crippen LogP contribution in [0.5, 0.6) is 5.75 Å². The molecule has 20 heavy (non-hydrogen) atoms. The van der Waals surface area contributed by atoms with Crippen LogP contribution >= 0.6 is 0 Å². The van der Waals surface area contributed by atoms with Crippen LogP contribution in [-0.2, 0) is 10.0 Å². The second-order valence-corrected chi connectivity index (χ2v) is 5.55. The van der Waals surface area contributed by atoms with Crippen molar-refractivity contribution in [1.29, 1.82) is 0 Å². The van der Waals surface area contributed by atoms with Crippen molar-refractivity contribution in [1.82, 2.24) is 4.72 Å². The minimum Gasteiger partial charge on any atom is -0.490 e. The molecule has 0 aliphatic rings. The number of benzene rings is 1. The highest BCUT2D eigenvalue weighted by molar-refractivity contribution is 7.89. The van der Waals surface area contributed by atoms with E-state index < -0.39 is 26.7 Å². The number of ether oxygens (including phenoxy) is 1. The van der Waals surface area contributed by atoms with Crippen molar-refractivity contribution >= 4 is 15.7 Å². The van der Waals surface area contributed by atoms with Gasteiger partial charge in [-0.3, -0.25) is 10.1 Å². The summed E-state index contributed by atoms with van der Waals surface area (Å²) in [5.41, 5.74) is -0.427. The predicted octanol–water partition coefficient (Wildman–Crippen LogP) is 1.29. The number of sulfonamides is 1. The van der Waals surface area contributed by atoms with Crippen molar-refractivity contribution in [2.45, 2.75) is 24.3 Å². The van der Waals surface area contributed by atoms with Crippen molar-refractivity contribution < 1.29 is 18.1 Å². The van der Waals surface area contributed by atoms with Gasteiger partial charge in [-0.05, 0) is 18.6 Å². The van der Waals surface area contributed by atoms with E-state index >= 15 is 0 Å². The summed E-state index contributed by atoms with van der Waals surface area (Å²) in [5.74, 6) is 2.27. The van der Waals surface area contributed by atoms with Crippen LogP contribution in [0.15, 0.2) is 23.1 Å². The van der Waals surface area contributed by atoms with Crippen LogP contribution in [0, 0.1) is 22.5 Å². The third-order valence-corrected chi connectivity index (χ3v) is 4.03. The molecule has 0 saturated carbocycles. The zero-order chi connectivity index (χ0) is 15.3. The van der Waals surface area contributed by atoms with Gasteiger partial charge >= 0.3 is 5.69 Å². The molecule has 0 aliphatic carbocycles. The summed E-state index contributed by atoms with van der Waals surface area (Å²) >= 11 is 0. The van der Waals surface area contributed by atoms with E-state index in [0.29, 0.717) is 6.42 Å². The molecule has 7 nitrogen and oxygen atoms in total.